The van der Waals surface area contributed by atoms with Crippen LogP contribution in [0.5, 0.6) is 11.5 Å². The fourth-order valence-electron chi connectivity index (χ4n) is 3.66. The average Bonchev–Trinajstić information content (AvgIpc) is 3.30. The highest BCUT2D eigenvalue weighted by molar-refractivity contribution is 14.0. The molecule has 2 N–H and O–H groups in total. The van der Waals surface area contributed by atoms with Crippen LogP contribution in [0.1, 0.15) is 32.3 Å². The Hall–Kier alpha value is -1.68. The highest BCUT2D eigenvalue weighted by Gasteiger charge is 2.20. The molecule has 0 radical (unpaired) electrons. The van der Waals surface area contributed by atoms with Gasteiger partial charge in [0.05, 0.1) is 18.2 Å². The van der Waals surface area contributed by atoms with E-state index in [2.05, 4.69) is 50.2 Å². The highest BCUT2D eigenvalue weighted by atomic mass is 127. The van der Waals surface area contributed by atoms with Crippen molar-refractivity contribution in [1.29, 1.82) is 0 Å². The standard InChI is InChI=1S/C23H34N4O2S.HI/c1-4-28-20-9-8-18(17-21(20)29-5-2)10-13-25-23(24-3)26-19-11-14-27(15-12-19)22-7-6-16-30-22;/h6-9,16-17,19H,4-5,10-15H2,1-3H3,(H2,24,25,26);1H. The molecule has 31 heavy (non-hydrogen) atoms. The smallest absolute Gasteiger partial charge is 0.191 e. The molecule has 1 aromatic heterocycles. The molecule has 1 saturated heterocycles. The third-order valence-corrected chi connectivity index (χ3v) is 6.12. The van der Waals surface area contributed by atoms with Gasteiger partial charge in [-0.3, -0.25) is 4.99 Å². The van der Waals surface area contributed by atoms with Gasteiger partial charge in [0.15, 0.2) is 17.5 Å². The second-order valence-electron chi connectivity index (χ2n) is 7.25. The number of aliphatic imine (C=N–C) groups is 1. The van der Waals surface area contributed by atoms with Crippen LogP contribution in [-0.2, 0) is 6.42 Å². The first-order chi connectivity index (χ1) is 14.7. The van der Waals surface area contributed by atoms with Crippen molar-refractivity contribution >= 4 is 46.3 Å². The summed E-state index contributed by atoms with van der Waals surface area (Å²) < 4.78 is 11.4. The van der Waals surface area contributed by atoms with Gasteiger partial charge in [0.2, 0.25) is 0 Å². The maximum Gasteiger partial charge on any atom is 0.191 e. The summed E-state index contributed by atoms with van der Waals surface area (Å²) in [5.41, 5.74) is 1.22. The van der Waals surface area contributed by atoms with Crippen LogP contribution in [0.2, 0.25) is 0 Å². The summed E-state index contributed by atoms with van der Waals surface area (Å²) in [5.74, 6) is 2.50. The summed E-state index contributed by atoms with van der Waals surface area (Å²) in [7, 11) is 1.83. The Morgan fingerprint density at radius 3 is 2.52 bits per heavy atom. The van der Waals surface area contributed by atoms with Crippen molar-refractivity contribution in [2.45, 2.75) is 39.2 Å². The summed E-state index contributed by atoms with van der Waals surface area (Å²) in [5, 5.41) is 10.6. The van der Waals surface area contributed by atoms with Gasteiger partial charge >= 0.3 is 0 Å². The lowest BCUT2D eigenvalue weighted by molar-refractivity contribution is 0.287. The number of halogens is 1. The van der Waals surface area contributed by atoms with Gasteiger partial charge in [0, 0.05) is 32.7 Å². The van der Waals surface area contributed by atoms with Gasteiger partial charge in [-0.15, -0.1) is 35.3 Å². The Kier molecular flexibility index (Phi) is 11.3. The van der Waals surface area contributed by atoms with Crippen LogP contribution in [0.4, 0.5) is 5.00 Å². The second-order valence-corrected chi connectivity index (χ2v) is 8.18. The zero-order valence-electron chi connectivity index (χ0n) is 18.7. The van der Waals surface area contributed by atoms with Crippen molar-refractivity contribution in [3.8, 4) is 11.5 Å². The molecule has 0 amide bonds. The number of hydrogen-bond donors (Lipinski definition) is 2. The van der Waals surface area contributed by atoms with Crippen molar-refractivity contribution in [3.63, 3.8) is 0 Å². The first-order valence-corrected chi connectivity index (χ1v) is 11.8. The Bertz CT molecular complexity index is 793. The quantitative estimate of drug-likeness (QED) is 0.269. The molecule has 1 aromatic carbocycles. The molecule has 1 aliphatic rings. The Morgan fingerprint density at radius 1 is 1.13 bits per heavy atom. The molecule has 0 atom stereocenters. The average molecular weight is 559 g/mol. The molecule has 0 spiro atoms. The van der Waals surface area contributed by atoms with E-state index in [0.717, 1.165) is 56.4 Å². The minimum Gasteiger partial charge on any atom is -0.490 e. The number of thiophene rings is 1. The molecule has 0 unspecified atom stereocenters. The number of hydrogen-bond acceptors (Lipinski definition) is 5. The van der Waals surface area contributed by atoms with Crippen LogP contribution in [0, 0.1) is 0 Å². The van der Waals surface area contributed by atoms with Crippen LogP contribution in [-0.4, -0.2) is 51.9 Å². The van der Waals surface area contributed by atoms with Crippen molar-refractivity contribution in [3.05, 3.63) is 41.3 Å². The number of nitrogens with one attached hydrogen (secondary N) is 2. The van der Waals surface area contributed by atoms with Gasteiger partial charge in [-0.05, 0) is 68.3 Å². The predicted octanol–water partition coefficient (Wildman–Crippen LogP) is 4.54. The summed E-state index contributed by atoms with van der Waals surface area (Å²) in [4.78, 5) is 6.88. The minimum absolute atomic E-state index is 0. The van der Waals surface area contributed by atoms with Gasteiger partial charge in [-0.1, -0.05) is 6.07 Å². The largest absolute Gasteiger partial charge is 0.490 e. The summed E-state index contributed by atoms with van der Waals surface area (Å²) in [6.07, 6.45) is 3.13. The van der Waals surface area contributed by atoms with E-state index in [1.165, 1.54) is 10.6 Å². The van der Waals surface area contributed by atoms with E-state index in [9.17, 15) is 0 Å². The van der Waals surface area contributed by atoms with Crippen LogP contribution in [0.3, 0.4) is 0 Å². The van der Waals surface area contributed by atoms with Gasteiger partial charge in [0.25, 0.3) is 0 Å². The Balaban J connectivity index is 0.00000341. The van der Waals surface area contributed by atoms with Gasteiger partial charge in [-0.25, -0.2) is 0 Å². The first kappa shape index (κ1) is 25.6. The van der Waals surface area contributed by atoms with E-state index >= 15 is 0 Å². The molecule has 172 valence electrons. The molecular weight excluding hydrogens is 523 g/mol. The zero-order valence-corrected chi connectivity index (χ0v) is 21.9. The summed E-state index contributed by atoms with van der Waals surface area (Å²) in [6.45, 7) is 8.22. The third-order valence-electron chi connectivity index (χ3n) is 5.19. The fourth-order valence-corrected chi connectivity index (χ4v) is 4.44. The van der Waals surface area contributed by atoms with Gasteiger partial charge in [0.1, 0.15) is 0 Å². The van der Waals surface area contributed by atoms with Crippen molar-refractivity contribution in [1.82, 2.24) is 10.6 Å². The fraction of sp³-hybridized carbons (Fsp3) is 0.522. The van der Waals surface area contributed by atoms with E-state index in [1.807, 2.05) is 38.3 Å². The molecule has 0 saturated carbocycles. The van der Waals surface area contributed by atoms with Crippen LogP contribution >= 0.6 is 35.3 Å². The molecule has 1 aliphatic heterocycles. The zero-order chi connectivity index (χ0) is 21.2. The second kappa shape index (κ2) is 13.7. The van der Waals surface area contributed by atoms with E-state index in [4.69, 9.17) is 9.47 Å². The Morgan fingerprint density at radius 2 is 1.87 bits per heavy atom. The SMILES string of the molecule is CCOc1ccc(CCNC(=NC)NC2CCN(c3cccs3)CC2)cc1OCC.I. The molecule has 1 fully saturated rings. The predicted molar refractivity (Wildman–Crippen MR) is 142 cm³/mol. The van der Waals surface area contributed by atoms with Crippen LogP contribution in [0.15, 0.2) is 40.7 Å². The topological polar surface area (TPSA) is 58.1 Å². The van der Waals surface area contributed by atoms with E-state index in [1.54, 1.807) is 0 Å². The molecule has 0 bridgehead atoms. The Labute approximate surface area is 207 Å². The molecule has 2 aromatic rings. The van der Waals surface area contributed by atoms with Crippen molar-refractivity contribution < 1.29 is 9.47 Å². The molecule has 6 nitrogen and oxygen atoms in total. The number of benzene rings is 1. The lowest BCUT2D eigenvalue weighted by Gasteiger charge is -2.33. The molecule has 8 heteroatoms. The third kappa shape index (κ3) is 7.75. The number of piperidine rings is 1. The summed E-state index contributed by atoms with van der Waals surface area (Å²) in [6, 6.07) is 11.0. The number of nitrogens with zero attached hydrogens (tertiary/aromatic N) is 2. The molecule has 2 heterocycles. The maximum absolute atomic E-state index is 5.73. The monoisotopic (exact) mass is 558 g/mol. The number of rotatable bonds is 9. The molecular formula is C23H35IN4O2S. The highest BCUT2D eigenvalue weighted by Crippen LogP contribution is 2.28. The van der Waals surface area contributed by atoms with Gasteiger partial charge < -0.3 is 25.0 Å². The lowest BCUT2D eigenvalue weighted by atomic mass is 10.1. The number of anilines is 1. The number of ether oxygens (including phenoxy) is 2. The molecule has 3 rings (SSSR count). The van der Waals surface area contributed by atoms with E-state index in [0.29, 0.717) is 19.3 Å². The van der Waals surface area contributed by atoms with Crippen molar-refractivity contribution in [2.24, 2.45) is 4.99 Å². The maximum atomic E-state index is 5.73. The van der Waals surface area contributed by atoms with Crippen LogP contribution < -0.4 is 25.0 Å². The first-order valence-electron chi connectivity index (χ1n) is 10.9. The molecule has 0 aliphatic carbocycles. The lowest BCUT2D eigenvalue weighted by Crippen LogP contribution is -2.49. The summed E-state index contributed by atoms with van der Waals surface area (Å²) >= 11 is 1.82. The van der Waals surface area contributed by atoms with E-state index in [-0.39, 0.29) is 24.0 Å². The minimum atomic E-state index is 0. The van der Waals surface area contributed by atoms with Crippen LogP contribution in [0.25, 0.3) is 0 Å². The van der Waals surface area contributed by atoms with Crippen molar-refractivity contribution in [2.75, 3.05) is 44.8 Å². The number of guanidine groups is 1. The van der Waals surface area contributed by atoms with E-state index < -0.39 is 0 Å². The van der Waals surface area contributed by atoms with Gasteiger partial charge in [-0.2, -0.15) is 0 Å². The normalized spacial score (nSPS) is 14.7.